The first-order valence-electron chi connectivity index (χ1n) is 10.5. The number of nitrogens with two attached hydrogens (primary N) is 1. The molecule has 1 fully saturated rings. The van der Waals surface area contributed by atoms with Crippen LogP contribution in [0, 0.1) is 12.7 Å². The molecule has 11 heteroatoms. The van der Waals surface area contributed by atoms with E-state index in [9.17, 15) is 4.39 Å². The quantitative estimate of drug-likeness (QED) is 0.431. The molecule has 10 nitrogen and oxygen atoms in total. The van der Waals surface area contributed by atoms with E-state index in [1.807, 2.05) is 25.1 Å². The number of H-pyrrole nitrogens is 1. The van der Waals surface area contributed by atoms with E-state index < -0.39 is 0 Å². The minimum Gasteiger partial charge on any atom is -0.424 e. The van der Waals surface area contributed by atoms with E-state index in [4.69, 9.17) is 10.2 Å². The normalized spacial score (nSPS) is 14.5. The molecule has 5 aromatic rings. The number of oxazole rings is 1. The van der Waals surface area contributed by atoms with Crippen molar-refractivity contribution in [3.05, 3.63) is 48.2 Å². The van der Waals surface area contributed by atoms with Gasteiger partial charge in [-0.3, -0.25) is 5.10 Å². The lowest BCUT2D eigenvalue weighted by Crippen LogP contribution is -2.47. The Morgan fingerprint density at radius 3 is 2.61 bits per heavy atom. The molecule has 0 atom stereocenters. The highest BCUT2D eigenvalue weighted by Gasteiger charge is 2.24. The average Bonchev–Trinajstić information content (AvgIpc) is 3.41. The summed E-state index contributed by atoms with van der Waals surface area (Å²) in [5, 5.41) is 8.34. The molecule has 1 aliphatic rings. The fourth-order valence-corrected chi connectivity index (χ4v) is 4.38. The molecule has 0 unspecified atom stereocenters. The monoisotopic (exact) mass is 445 g/mol. The molecule has 5 heterocycles. The highest BCUT2D eigenvalue weighted by Crippen LogP contribution is 2.34. The van der Waals surface area contributed by atoms with Gasteiger partial charge in [-0.2, -0.15) is 10.1 Å². The molecule has 4 aromatic heterocycles. The van der Waals surface area contributed by atoms with Crippen molar-refractivity contribution in [1.82, 2.24) is 30.1 Å². The number of benzene rings is 1. The van der Waals surface area contributed by atoms with E-state index in [-0.39, 0.29) is 11.8 Å². The lowest BCUT2D eigenvalue weighted by Gasteiger charge is -2.36. The second-order valence-corrected chi connectivity index (χ2v) is 8.00. The van der Waals surface area contributed by atoms with Crippen molar-refractivity contribution in [1.29, 1.82) is 0 Å². The Morgan fingerprint density at radius 1 is 1.03 bits per heavy atom. The van der Waals surface area contributed by atoms with Gasteiger partial charge in [-0.25, -0.2) is 19.3 Å². The number of rotatable bonds is 3. The number of aromatic nitrogens is 6. The number of anilines is 3. The maximum atomic E-state index is 13.5. The third kappa shape index (κ3) is 3.28. The Labute approximate surface area is 187 Å². The summed E-state index contributed by atoms with van der Waals surface area (Å²) in [4.78, 5) is 21.8. The third-order valence-corrected chi connectivity index (χ3v) is 5.92. The maximum Gasteiger partial charge on any atom is 0.292 e. The zero-order valence-electron chi connectivity index (χ0n) is 17.8. The first-order chi connectivity index (χ1) is 16.1. The minimum absolute atomic E-state index is 0.129. The number of fused-ring (bicyclic) bond motifs is 2. The van der Waals surface area contributed by atoms with Crippen LogP contribution in [-0.2, 0) is 0 Å². The third-order valence-electron chi connectivity index (χ3n) is 5.92. The molecular weight excluding hydrogens is 425 g/mol. The van der Waals surface area contributed by atoms with Crippen molar-refractivity contribution in [3.8, 4) is 11.3 Å². The van der Waals surface area contributed by atoms with Crippen LogP contribution in [0.3, 0.4) is 0 Å². The summed E-state index contributed by atoms with van der Waals surface area (Å²) in [7, 11) is 0. The van der Waals surface area contributed by atoms with Crippen molar-refractivity contribution < 1.29 is 8.81 Å². The van der Waals surface area contributed by atoms with Gasteiger partial charge in [-0.05, 0) is 36.8 Å². The lowest BCUT2D eigenvalue weighted by atomic mass is 10.1. The highest BCUT2D eigenvalue weighted by atomic mass is 19.1. The smallest absolute Gasteiger partial charge is 0.292 e. The van der Waals surface area contributed by atoms with Gasteiger partial charge >= 0.3 is 0 Å². The highest BCUT2D eigenvalue weighted by molar-refractivity contribution is 6.00. The molecule has 33 heavy (non-hydrogen) atoms. The standard InChI is InChI=1S/C22H20FN9O/c1-12-8-14(23)10-25-20(12)31-4-6-32(7-5-31)21-17-18(29-30-19(17)26-11-27-21)13-2-3-16-15(9-13)28-22(24)33-16/h2-3,8-11H,4-7H2,1H3,(H2,24,28)(H,26,27,29,30). The van der Waals surface area contributed by atoms with Crippen LogP contribution in [0.4, 0.5) is 22.0 Å². The second kappa shape index (κ2) is 7.40. The van der Waals surface area contributed by atoms with E-state index in [1.165, 1.54) is 18.6 Å². The van der Waals surface area contributed by atoms with E-state index in [0.29, 0.717) is 16.7 Å². The van der Waals surface area contributed by atoms with Crippen LogP contribution in [-0.4, -0.2) is 56.3 Å². The predicted octanol–water partition coefficient (Wildman–Crippen LogP) is 2.91. The number of halogens is 1. The van der Waals surface area contributed by atoms with Gasteiger partial charge in [0, 0.05) is 31.7 Å². The molecule has 1 aliphatic heterocycles. The molecule has 0 radical (unpaired) electrons. The number of aromatic amines is 1. The Morgan fingerprint density at radius 2 is 1.82 bits per heavy atom. The molecule has 1 aromatic carbocycles. The predicted molar refractivity (Wildman–Crippen MR) is 122 cm³/mol. The number of pyridine rings is 1. The van der Waals surface area contributed by atoms with Crippen LogP contribution in [0.5, 0.6) is 0 Å². The zero-order valence-corrected chi connectivity index (χ0v) is 17.8. The summed E-state index contributed by atoms with van der Waals surface area (Å²) >= 11 is 0. The average molecular weight is 445 g/mol. The van der Waals surface area contributed by atoms with E-state index in [2.05, 4.69) is 39.9 Å². The van der Waals surface area contributed by atoms with Crippen molar-refractivity contribution in [2.45, 2.75) is 6.92 Å². The summed E-state index contributed by atoms with van der Waals surface area (Å²) in [6, 6.07) is 7.31. The Kier molecular flexibility index (Phi) is 4.35. The lowest BCUT2D eigenvalue weighted by molar-refractivity contribution is 0.612. The first-order valence-corrected chi connectivity index (χ1v) is 10.5. The van der Waals surface area contributed by atoms with E-state index >= 15 is 0 Å². The number of aryl methyl sites for hydroxylation is 1. The number of nitrogens with one attached hydrogen (secondary N) is 1. The van der Waals surface area contributed by atoms with Crippen molar-refractivity contribution >= 4 is 39.8 Å². The number of nitrogens with zero attached hydrogens (tertiary/aromatic N) is 7. The molecule has 0 bridgehead atoms. The maximum absolute atomic E-state index is 13.5. The van der Waals surface area contributed by atoms with Crippen molar-refractivity contribution in [2.75, 3.05) is 41.7 Å². The van der Waals surface area contributed by atoms with Crippen LogP contribution in [0.25, 0.3) is 33.4 Å². The van der Waals surface area contributed by atoms with Crippen LogP contribution < -0.4 is 15.5 Å². The molecule has 166 valence electrons. The second-order valence-electron chi connectivity index (χ2n) is 8.00. The molecule has 0 aliphatic carbocycles. The largest absolute Gasteiger partial charge is 0.424 e. The van der Waals surface area contributed by atoms with Gasteiger partial charge in [0.15, 0.2) is 11.2 Å². The Hall–Kier alpha value is -4.28. The molecule has 0 saturated carbocycles. The van der Waals surface area contributed by atoms with Crippen molar-refractivity contribution in [2.24, 2.45) is 0 Å². The fourth-order valence-electron chi connectivity index (χ4n) is 4.38. The van der Waals surface area contributed by atoms with Gasteiger partial charge in [-0.1, -0.05) is 0 Å². The SMILES string of the molecule is Cc1cc(F)cnc1N1CCN(c2ncnc3n[nH]c(-c4ccc5oc(N)nc5c4)c23)CC1. The summed E-state index contributed by atoms with van der Waals surface area (Å²) in [5.41, 5.74) is 10.1. The summed E-state index contributed by atoms with van der Waals surface area (Å²) in [6.07, 6.45) is 2.79. The van der Waals surface area contributed by atoms with Gasteiger partial charge in [0.2, 0.25) is 0 Å². The van der Waals surface area contributed by atoms with Gasteiger partial charge in [-0.15, -0.1) is 0 Å². The van der Waals surface area contributed by atoms with Gasteiger partial charge in [0.05, 0.1) is 17.3 Å². The minimum atomic E-state index is -0.322. The van der Waals surface area contributed by atoms with Crippen LogP contribution in [0.1, 0.15) is 5.56 Å². The molecule has 0 spiro atoms. The summed E-state index contributed by atoms with van der Waals surface area (Å²) in [5.74, 6) is 1.30. The molecular formula is C22H20FN9O. The molecule has 6 rings (SSSR count). The summed E-state index contributed by atoms with van der Waals surface area (Å²) < 4.78 is 18.8. The number of piperazine rings is 1. The molecule has 1 saturated heterocycles. The number of nitrogen functional groups attached to an aromatic ring is 1. The fraction of sp³-hybridized carbons (Fsp3) is 0.227. The van der Waals surface area contributed by atoms with Crippen molar-refractivity contribution in [3.63, 3.8) is 0 Å². The number of hydrogen-bond donors (Lipinski definition) is 2. The first kappa shape index (κ1) is 19.4. The zero-order chi connectivity index (χ0) is 22.5. The van der Waals surface area contributed by atoms with E-state index in [0.717, 1.165) is 60.0 Å². The van der Waals surface area contributed by atoms with E-state index in [1.54, 1.807) is 0 Å². The molecule has 0 amide bonds. The molecule has 3 N–H and O–H groups in total. The van der Waals surface area contributed by atoms with Gasteiger partial charge in [0.25, 0.3) is 6.01 Å². The Balaban J connectivity index is 1.33. The van der Waals surface area contributed by atoms with Gasteiger partial charge in [0.1, 0.15) is 29.3 Å². The van der Waals surface area contributed by atoms with Crippen LogP contribution in [0.2, 0.25) is 0 Å². The Bertz CT molecular complexity index is 1490. The number of hydrogen-bond acceptors (Lipinski definition) is 9. The summed E-state index contributed by atoms with van der Waals surface area (Å²) in [6.45, 7) is 4.82. The topological polar surface area (TPSA) is 126 Å². The van der Waals surface area contributed by atoms with Gasteiger partial charge < -0.3 is 20.0 Å². The van der Waals surface area contributed by atoms with Crippen LogP contribution in [0.15, 0.2) is 41.2 Å². The van der Waals surface area contributed by atoms with Crippen LogP contribution >= 0.6 is 0 Å².